The number of carbonyl (C=O) groups is 1. The van der Waals surface area contributed by atoms with E-state index in [0.29, 0.717) is 29.7 Å². The summed E-state index contributed by atoms with van der Waals surface area (Å²) < 4.78 is 14.5. The lowest BCUT2D eigenvalue weighted by Gasteiger charge is -2.31. The number of benzene rings is 1. The second-order valence-corrected chi connectivity index (χ2v) is 8.03. The van der Waals surface area contributed by atoms with E-state index >= 15 is 0 Å². The topological polar surface area (TPSA) is 66.0 Å². The highest BCUT2D eigenvalue weighted by Gasteiger charge is 2.37. The Bertz CT molecular complexity index is 1020. The van der Waals surface area contributed by atoms with Gasteiger partial charge >= 0.3 is 0 Å². The van der Waals surface area contributed by atoms with Gasteiger partial charge < -0.3 is 10.1 Å². The van der Waals surface area contributed by atoms with Crippen LogP contribution in [-0.4, -0.2) is 26.5 Å². The number of fused-ring (bicyclic) bond motifs is 1. The number of hydrogen-bond donors (Lipinski definition) is 2. The first kappa shape index (κ1) is 18.6. The predicted octanol–water partition coefficient (Wildman–Crippen LogP) is 4.32. The first-order valence-corrected chi connectivity index (χ1v) is 9.47. The normalized spacial score (nSPS) is 16.9. The molecule has 0 saturated heterocycles. The zero-order valence-corrected chi connectivity index (χ0v) is 16.0. The largest absolute Gasteiger partial charge is 0.390 e. The molecular formula is C23H23FN2O2. The first-order chi connectivity index (χ1) is 13.3. The first-order valence-electron chi connectivity index (χ1n) is 9.47. The van der Waals surface area contributed by atoms with E-state index in [9.17, 15) is 14.3 Å². The van der Waals surface area contributed by atoms with Gasteiger partial charge in [-0.1, -0.05) is 30.3 Å². The Morgan fingerprint density at radius 3 is 2.64 bits per heavy atom. The molecular weight excluding hydrogens is 355 g/mol. The van der Waals surface area contributed by atoms with Crippen LogP contribution >= 0.6 is 0 Å². The van der Waals surface area contributed by atoms with Crippen LogP contribution < -0.4 is 0 Å². The minimum Gasteiger partial charge on any atom is -0.390 e. The summed E-state index contributed by atoms with van der Waals surface area (Å²) in [6.07, 6.45) is 4.10. The summed E-state index contributed by atoms with van der Waals surface area (Å²) in [5.41, 5.74) is 3.36. The lowest BCUT2D eigenvalue weighted by molar-refractivity contribution is 0.0114. The number of aromatic nitrogens is 2. The SMILES string of the molecule is CC(C)(O)C1CC(=O)c2c([nH]c(-c3ccncc3F)c2Cc2ccccc2)C1. The fourth-order valence-electron chi connectivity index (χ4n) is 4.01. The minimum atomic E-state index is -0.958. The van der Waals surface area contributed by atoms with Crippen LogP contribution in [-0.2, 0) is 12.8 Å². The van der Waals surface area contributed by atoms with E-state index in [4.69, 9.17) is 0 Å². The molecule has 1 unspecified atom stereocenters. The van der Waals surface area contributed by atoms with Crippen LogP contribution in [0.1, 0.15) is 47.4 Å². The van der Waals surface area contributed by atoms with Gasteiger partial charge in [0.1, 0.15) is 0 Å². The Labute approximate surface area is 163 Å². The van der Waals surface area contributed by atoms with E-state index in [2.05, 4.69) is 9.97 Å². The van der Waals surface area contributed by atoms with Crippen LogP contribution in [0.5, 0.6) is 0 Å². The molecule has 1 aromatic carbocycles. The number of H-pyrrole nitrogens is 1. The van der Waals surface area contributed by atoms with E-state index in [-0.39, 0.29) is 18.1 Å². The van der Waals surface area contributed by atoms with Gasteiger partial charge in [0, 0.05) is 35.9 Å². The molecule has 2 aromatic heterocycles. The molecule has 0 fully saturated rings. The number of Topliss-reactive ketones (excluding diaryl/α,β-unsaturated/α-hetero) is 1. The quantitative estimate of drug-likeness (QED) is 0.710. The number of carbonyl (C=O) groups excluding carboxylic acids is 1. The number of ketones is 1. The number of rotatable bonds is 4. The average Bonchev–Trinajstić information content (AvgIpc) is 3.01. The number of hydrogen-bond acceptors (Lipinski definition) is 3. The molecule has 0 radical (unpaired) electrons. The van der Waals surface area contributed by atoms with Gasteiger partial charge in [0.2, 0.25) is 0 Å². The molecule has 0 amide bonds. The smallest absolute Gasteiger partial charge is 0.165 e. The minimum absolute atomic E-state index is 0.00345. The molecule has 5 heteroatoms. The lowest BCUT2D eigenvalue weighted by atomic mass is 9.76. The van der Waals surface area contributed by atoms with E-state index in [1.54, 1.807) is 26.1 Å². The predicted molar refractivity (Wildman–Crippen MR) is 106 cm³/mol. The summed E-state index contributed by atoms with van der Waals surface area (Å²) in [7, 11) is 0. The number of pyridine rings is 1. The van der Waals surface area contributed by atoms with Gasteiger partial charge in [-0.2, -0.15) is 0 Å². The Kier molecular flexibility index (Phi) is 4.63. The molecule has 0 spiro atoms. The van der Waals surface area contributed by atoms with Crippen molar-refractivity contribution >= 4 is 5.78 Å². The number of nitrogens with one attached hydrogen (secondary N) is 1. The highest BCUT2D eigenvalue weighted by Crippen LogP contribution is 2.39. The van der Waals surface area contributed by atoms with Crippen molar-refractivity contribution in [3.8, 4) is 11.3 Å². The molecule has 2 N–H and O–H groups in total. The lowest BCUT2D eigenvalue weighted by Crippen LogP contribution is -2.37. The Hall–Kier alpha value is -2.79. The van der Waals surface area contributed by atoms with E-state index in [1.165, 1.54) is 6.20 Å². The molecule has 4 nitrogen and oxygen atoms in total. The van der Waals surface area contributed by atoms with Gasteiger partial charge in [0.05, 0.1) is 17.5 Å². The zero-order valence-electron chi connectivity index (χ0n) is 16.0. The molecule has 0 bridgehead atoms. The zero-order chi connectivity index (χ0) is 19.9. The fraction of sp³-hybridized carbons (Fsp3) is 0.304. The monoisotopic (exact) mass is 378 g/mol. The van der Waals surface area contributed by atoms with Crippen LogP contribution in [0.25, 0.3) is 11.3 Å². The van der Waals surface area contributed by atoms with Gasteiger partial charge in [0.15, 0.2) is 11.6 Å². The highest BCUT2D eigenvalue weighted by molar-refractivity contribution is 6.02. The molecule has 28 heavy (non-hydrogen) atoms. The maximum Gasteiger partial charge on any atom is 0.165 e. The van der Waals surface area contributed by atoms with Crippen molar-refractivity contribution in [1.29, 1.82) is 0 Å². The van der Waals surface area contributed by atoms with Gasteiger partial charge in [-0.05, 0) is 43.4 Å². The van der Waals surface area contributed by atoms with Gasteiger partial charge in [-0.3, -0.25) is 9.78 Å². The van der Waals surface area contributed by atoms with Gasteiger partial charge in [-0.15, -0.1) is 0 Å². The van der Waals surface area contributed by atoms with Crippen molar-refractivity contribution in [1.82, 2.24) is 9.97 Å². The summed E-state index contributed by atoms with van der Waals surface area (Å²) in [6.45, 7) is 3.46. The maximum absolute atomic E-state index is 14.5. The Balaban J connectivity index is 1.87. The van der Waals surface area contributed by atoms with Crippen LogP contribution in [0, 0.1) is 11.7 Å². The van der Waals surface area contributed by atoms with Crippen LogP contribution in [0.3, 0.4) is 0 Å². The third-order valence-electron chi connectivity index (χ3n) is 5.61. The highest BCUT2D eigenvalue weighted by atomic mass is 19.1. The second-order valence-electron chi connectivity index (χ2n) is 8.03. The van der Waals surface area contributed by atoms with Crippen molar-refractivity contribution in [3.63, 3.8) is 0 Å². The number of aliphatic hydroxyl groups is 1. The second kappa shape index (κ2) is 6.99. The molecule has 2 heterocycles. The van der Waals surface area contributed by atoms with Crippen molar-refractivity contribution in [2.75, 3.05) is 0 Å². The third-order valence-corrected chi connectivity index (χ3v) is 5.61. The Morgan fingerprint density at radius 1 is 1.21 bits per heavy atom. The molecule has 1 aliphatic rings. The molecule has 4 rings (SSSR count). The molecule has 1 atom stereocenters. The van der Waals surface area contributed by atoms with Crippen molar-refractivity contribution in [3.05, 3.63) is 77.0 Å². The van der Waals surface area contributed by atoms with Crippen LogP contribution in [0.15, 0.2) is 48.8 Å². The number of aromatic amines is 1. The molecule has 144 valence electrons. The van der Waals surface area contributed by atoms with Crippen LogP contribution in [0.4, 0.5) is 4.39 Å². The summed E-state index contributed by atoms with van der Waals surface area (Å²) in [6, 6.07) is 11.5. The van der Waals surface area contributed by atoms with Crippen LogP contribution in [0.2, 0.25) is 0 Å². The maximum atomic E-state index is 14.5. The fourth-order valence-corrected chi connectivity index (χ4v) is 4.01. The summed E-state index contributed by atoms with van der Waals surface area (Å²) >= 11 is 0. The molecule has 0 aliphatic heterocycles. The van der Waals surface area contributed by atoms with E-state index in [1.807, 2.05) is 30.3 Å². The van der Waals surface area contributed by atoms with Crippen molar-refractivity contribution < 1.29 is 14.3 Å². The van der Waals surface area contributed by atoms with Gasteiger partial charge in [0.25, 0.3) is 0 Å². The summed E-state index contributed by atoms with van der Waals surface area (Å²) in [5, 5.41) is 10.4. The molecule has 0 saturated carbocycles. The van der Waals surface area contributed by atoms with E-state index < -0.39 is 11.4 Å². The standard InChI is InChI=1S/C23H23FN2O2/c1-23(2,28)15-11-19-21(20(27)12-15)17(10-14-6-4-3-5-7-14)22(26-19)16-8-9-25-13-18(16)24/h3-9,13,15,26,28H,10-12H2,1-2H3. The average molecular weight is 378 g/mol. The van der Waals surface area contributed by atoms with Crippen molar-refractivity contribution in [2.24, 2.45) is 5.92 Å². The van der Waals surface area contributed by atoms with Gasteiger partial charge in [-0.25, -0.2) is 4.39 Å². The molecule has 1 aliphatic carbocycles. The Morgan fingerprint density at radius 2 is 1.96 bits per heavy atom. The number of nitrogens with zero attached hydrogens (tertiary/aromatic N) is 1. The van der Waals surface area contributed by atoms with E-state index in [0.717, 1.165) is 16.8 Å². The molecule has 3 aromatic rings. The third kappa shape index (κ3) is 3.38. The summed E-state index contributed by atoms with van der Waals surface area (Å²) in [4.78, 5) is 20.2. The number of halogens is 1. The summed E-state index contributed by atoms with van der Waals surface area (Å²) in [5.74, 6) is -0.607. The van der Waals surface area contributed by atoms with Crippen molar-refractivity contribution in [2.45, 2.75) is 38.7 Å².